The number of aromatic amines is 1. The number of aryl methyl sites for hydroxylation is 1. The molecule has 2 N–H and O–H groups in total. The number of amides is 1. The third-order valence-electron chi connectivity index (χ3n) is 5.55. The minimum absolute atomic E-state index is 0.173. The quantitative estimate of drug-likeness (QED) is 0.464. The summed E-state index contributed by atoms with van der Waals surface area (Å²) in [5.41, 5.74) is 2.36. The Morgan fingerprint density at radius 2 is 1.90 bits per heavy atom. The molecule has 0 aliphatic carbocycles. The molecule has 1 amide bonds. The zero-order valence-electron chi connectivity index (χ0n) is 18.6. The molecule has 9 heteroatoms. The zero-order valence-corrected chi connectivity index (χ0v) is 18.6. The first-order valence-electron chi connectivity index (χ1n) is 10.9. The van der Waals surface area contributed by atoms with E-state index in [0.29, 0.717) is 29.9 Å². The van der Waals surface area contributed by atoms with Gasteiger partial charge in [-0.2, -0.15) is 0 Å². The van der Waals surface area contributed by atoms with Crippen LogP contribution in [0.25, 0.3) is 0 Å². The number of hydrogen-bond donors (Lipinski definition) is 2. The number of anilines is 1. The Hall–Kier alpha value is -2.94. The van der Waals surface area contributed by atoms with Crippen molar-refractivity contribution < 1.29 is 14.3 Å². The Kier molecular flexibility index (Phi) is 8.00. The Morgan fingerprint density at radius 1 is 1.19 bits per heavy atom. The van der Waals surface area contributed by atoms with Crippen molar-refractivity contribution >= 4 is 17.8 Å². The van der Waals surface area contributed by atoms with Gasteiger partial charge in [-0.25, -0.2) is 14.8 Å². The normalized spacial score (nSPS) is 14.5. The SMILES string of the molecule is CCCc1c(C(=O)NCCCN2CCN(c3ncccn3)CC2)[nH]c(C)c1C(=O)OC. The first-order chi connectivity index (χ1) is 15.0. The predicted molar refractivity (Wildman–Crippen MR) is 118 cm³/mol. The summed E-state index contributed by atoms with van der Waals surface area (Å²) >= 11 is 0. The molecule has 2 aromatic rings. The minimum Gasteiger partial charge on any atom is -0.465 e. The lowest BCUT2D eigenvalue weighted by Gasteiger charge is -2.34. The van der Waals surface area contributed by atoms with Crippen LogP contribution in [0.5, 0.6) is 0 Å². The standard InChI is InChI=1S/C22H32N6O3/c1-4-7-17-18(21(30)31-3)16(2)26-19(17)20(29)23-10-6-11-27-12-14-28(15-13-27)22-24-8-5-9-25-22/h5,8-9,26H,4,6-7,10-15H2,1-3H3,(H,23,29). The Labute approximate surface area is 183 Å². The van der Waals surface area contributed by atoms with Gasteiger partial charge in [-0.3, -0.25) is 9.69 Å². The van der Waals surface area contributed by atoms with E-state index in [1.165, 1.54) is 7.11 Å². The van der Waals surface area contributed by atoms with E-state index in [1.54, 1.807) is 19.3 Å². The molecule has 1 aliphatic heterocycles. The van der Waals surface area contributed by atoms with Gasteiger partial charge in [0, 0.05) is 50.8 Å². The molecule has 9 nitrogen and oxygen atoms in total. The maximum Gasteiger partial charge on any atom is 0.339 e. The van der Waals surface area contributed by atoms with Gasteiger partial charge in [-0.1, -0.05) is 13.3 Å². The number of methoxy groups -OCH3 is 1. The van der Waals surface area contributed by atoms with Gasteiger partial charge < -0.3 is 19.9 Å². The van der Waals surface area contributed by atoms with Crippen molar-refractivity contribution in [2.75, 3.05) is 51.3 Å². The number of carbonyl (C=O) groups is 2. The van der Waals surface area contributed by atoms with E-state index in [1.807, 2.05) is 13.0 Å². The zero-order chi connectivity index (χ0) is 22.2. The van der Waals surface area contributed by atoms with Crippen LogP contribution >= 0.6 is 0 Å². The number of H-pyrrole nitrogens is 1. The highest BCUT2D eigenvalue weighted by molar-refractivity contribution is 6.00. The van der Waals surface area contributed by atoms with Crippen LogP contribution in [0.2, 0.25) is 0 Å². The van der Waals surface area contributed by atoms with Crippen LogP contribution in [-0.4, -0.2) is 78.1 Å². The second-order valence-corrected chi connectivity index (χ2v) is 7.71. The molecule has 31 heavy (non-hydrogen) atoms. The molecule has 0 atom stereocenters. The highest BCUT2D eigenvalue weighted by Gasteiger charge is 2.24. The second-order valence-electron chi connectivity index (χ2n) is 7.71. The second kappa shape index (κ2) is 10.9. The van der Waals surface area contributed by atoms with E-state index in [0.717, 1.165) is 57.1 Å². The van der Waals surface area contributed by atoms with Crippen molar-refractivity contribution in [1.82, 2.24) is 25.2 Å². The van der Waals surface area contributed by atoms with Crippen molar-refractivity contribution in [3.8, 4) is 0 Å². The maximum atomic E-state index is 12.7. The van der Waals surface area contributed by atoms with Gasteiger partial charge in [0.1, 0.15) is 5.69 Å². The summed E-state index contributed by atoms with van der Waals surface area (Å²) < 4.78 is 4.89. The third-order valence-corrected chi connectivity index (χ3v) is 5.55. The number of nitrogens with one attached hydrogen (secondary N) is 2. The van der Waals surface area contributed by atoms with Crippen LogP contribution in [0.4, 0.5) is 5.95 Å². The summed E-state index contributed by atoms with van der Waals surface area (Å²) in [6.45, 7) is 9.01. The fourth-order valence-electron chi connectivity index (χ4n) is 3.97. The van der Waals surface area contributed by atoms with Gasteiger partial charge in [0.15, 0.2) is 0 Å². The van der Waals surface area contributed by atoms with E-state index in [4.69, 9.17) is 4.74 Å². The summed E-state index contributed by atoms with van der Waals surface area (Å²) in [5.74, 6) is 0.203. The number of hydrogen-bond acceptors (Lipinski definition) is 7. The monoisotopic (exact) mass is 428 g/mol. The first kappa shape index (κ1) is 22.7. The van der Waals surface area contributed by atoms with Crippen LogP contribution in [0.15, 0.2) is 18.5 Å². The number of rotatable bonds is 9. The van der Waals surface area contributed by atoms with Gasteiger partial charge in [0.2, 0.25) is 5.95 Å². The number of ether oxygens (including phenoxy) is 1. The number of aromatic nitrogens is 3. The van der Waals surface area contributed by atoms with E-state index in [2.05, 4.69) is 30.1 Å². The van der Waals surface area contributed by atoms with Gasteiger partial charge >= 0.3 is 5.97 Å². The van der Waals surface area contributed by atoms with Crippen molar-refractivity contribution in [1.29, 1.82) is 0 Å². The van der Waals surface area contributed by atoms with Crippen LogP contribution in [0, 0.1) is 6.92 Å². The molecule has 1 saturated heterocycles. The molecule has 0 spiro atoms. The van der Waals surface area contributed by atoms with E-state index in [9.17, 15) is 9.59 Å². The fraction of sp³-hybridized carbons (Fsp3) is 0.545. The lowest BCUT2D eigenvalue weighted by Crippen LogP contribution is -2.47. The average Bonchev–Trinajstić information content (AvgIpc) is 3.13. The van der Waals surface area contributed by atoms with Crippen LogP contribution in [-0.2, 0) is 11.2 Å². The molecule has 1 fully saturated rings. The van der Waals surface area contributed by atoms with Gasteiger partial charge in [-0.15, -0.1) is 0 Å². The number of piperazine rings is 1. The molecule has 0 unspecified atom stereocenters. The molecule has 0 radical (unpaired) electrons. The molecule has 1 aliphatic rings. The van der Waals surface area contributed by atoms with Gasteiger partial charge in [-0.05, 0) is 37.9 Å². The van der Waals surface area contributed by atoms with Gasteiger partial charge in [0.25, 0.3) is 5.91 Å². The van der Waals surface area contributed by atoms with E-state index < -0.39 is 5.97 Å². The lowest BCUT2D eigenvalue weighted by atomic mass is 10.0. The molecule has 0 bridgehead atoms. The van der Waals surface area contributed by atoms with Crippen LogP contribution < -0.4 is 10.2 Å². The minimum atomic E-state index is -0.406. The molecular weight excluding hydrogens is 396 g/mol. The van der Waals surface area contributed by atoms with E-state index >= 15 is 0 Å². The molecule has 0 aromatic carbocycles. The predicted octanol–water partition coefficient (Wildman–Crippen LogP) is 1.79. The molecule has 168 valence electrons. The summed E-state index contributed by atoms with van der Waals surface area (Å²) in [6, 6.07) is 1.82. The summed E-state index contributed by atoms with van der Waals surface area (Å²) in [4.78, 5) is 41.2. The molecule has 2 aromatic heterocycles. The molecule has 0 saturated carbocycles. The van der Waals surface area contributed by atoms with Crippen molar-refractivity contribution in [3.63, 3.8) is 0 Å². The summed E-state index contributed by atoms with van der Waals surface area (Å²) in [5, 5.41) is 2.99. The number of nitrogens with zero attached hydrogens (tertiary/aromatic N) is 4. The average molecular weight is 429 g/mol. The lowest BCUT2D eigenvalue weighted by molar-refractivity contribution is 0.0599. The molecule has 3 rings (SSSR count). The summed E-state index contributed by atoms with van der Waals surface area (Å²) in [7, 11) is 1.36. The third kappa shape index (κ3) is 5.61. The molecular formula is C22H32N6O3. The number of esters is 1. The topological polar surface area (TPSA) is 103 Å². The fourth-order valence-corrected chi connectivity index (χ4v) is 3.97. The summed E-state index contributed by atoms with van der Waals surface area (Å²) in [6.07, 6.45) is 5.88. The largest absolute Gasteiger partial charge is 0.465 e. The van der Waals surface area contributed by atoms with Crippen molar-refractivity contribution in [2.24, 2.45) is 0 Å². The highest BCUT2D eigenvalue weighted by atomic mass is 16.5. The Morgan fingerprint density at radius 3 is 2.55 bits per heavy atom. The smallest absolute Gasteiger partial charge is 0.339 e. The first-order valence-corrected chi connectivity index (χ1v) is 10.9. The Bertz CT molecular complexity index is 875. The molecule has 3 heterocycles. The Balaban J connectivity index is 1.46. The van der Waals surface area contributed by atoms with Gasteiger partial charge in [0.05, 0.1) is 12.7 Å². The van der Waals surface area contributed by atoms with Crippen LogP contribution in [0.3, 0.4) is 0 Å². The van der Waals surface area contributed by atoms with Crippen molar-refractivity contribution in [3.05, 3.63) is 41.0 Å². The van der Waals surface area contributed by atoms with E-state index in [-0.39, 0.29) is 5.91 Å². The maximum absolute atomic E-state index is 12.7. The number of carbonyl (C=O) groups excluding carboxylic acids is 2. The van der Waals surface area contributed by atoms with Crippen molar-refractivity contribution in [2.45, 2.75) is 33.1 Å². The van der Waals surface area contributed by atoms with Crippen LogP contribution in [0.1, 0.15) is 51.9 Å². The highest BCUT2D eigenvalue weighted by Crippen LogP contribution is 2.21.